The Morgan fingerprint density at radius 3 is 2.78 bits per heavy atom. The van der Waals surface area contributed by atoms with Crippen LogP contribution < -0.4 is 19.7 Å². The van der Waals surface area contributed by atoms with Crippen molar-refractivity contribution in [2.75, 3.05) is 37.9 Å². The van der Waals surface area contributed by atoms with Crippen molar-refractivity contribution in [2.45, 2.75) is 6.54 Å². The highest BCUT2D eigenvalue weighted by Crippen LogP contribution is 2.37. The number of thiophene rings is 1. The number of hydrogen-bond donors (Lipinski definition) is 1. The molecule has 4 heterocycles. The molecule has 1 N–H and O–H groups in total. The molecule has 0 atom stereocenters. The van der Waals surface area contributed by atoms with E-state index in [1.54, 1.807) is 17.7 Å². The van der Waals surface area contributed by atoms with Gasteiger partial charge in [0, 0.05) is 42.8 Å². The van der Waals surface area contributed by atoms with E-state index in [0.717, 1.165) is 64.4 Å². The highest BCUT2D eigenvalue weighted by Gasteiger charge is 2.23. The summed E-state index contributed by atoms with van der Waals surface area (Å²) in [5.74, 6) is 2.61. The Morgan fingerprint density at radius 2 is 1.88 bits per heavy atom. The largest absolute Gasteiger partial charge is 0.454 e. The van der Waals surface area contributed by atoms with Crippen LogP contribution in [0.5, 0.6) is 11.5 Å². The Kier molecular flexibility index (Phi) is 4.92. The van der Waals surface area contributed by atoms with E-state index in [1.165, 1.54) is 10.1 Å². The summed E-state index contributed by atoms with van der Waals surface area (Å²) >= 11 is 7.43. The molecule has 32 heavy (non-hydrogen) atoms. The number of fused-ring (bicyclic) bond motifs is 4. The second-order valence-electron chi connectivity index (χ2n) is 7.79. The first-order valence-corrected chi connectivity index (χ1v) is 11.8. The lowest BCUT2D eigenvalue weighted by atomic mass is 10.2. The van der Waals surface area contributed by atoms with Crippen LogP contribution in [0.25, 0.3) is 20.3 Å². The van der Waals surface area contributed by atoms with Crippen LogP contribution in [0.2, 0.25) is 0 Å². The summed E-state index contributed by atoms with van der Waals surface area (Å²) < 4.78 is 13.2. The van der Waals surface area contributed by atoms with Crippen molar-refractivity contribution < 1.29 is 9.47 Å². The molecule has 162 valence electrons. The van der Waals surface area contributed by atoms with Crippen molar-refractivity contribution >= 4 is 54.8 Å². The van der Waals surface area contributed by atoms with Gasteiger partial charge in [-0.15, -0.1) is 11.3 Å². The van der Waals surface area contributed by atoms with E-state index in [9.17, 15) is 0 Å². The molecular weight excluding hydrogens is 442 g/mol. The van der Waals surface area contributed by atoms with Gasteiger partial charge < -0.3 is 24.6 Å². The molecule has 0 radical (unpaired) electrons. The van der Waals surface area contributed by atoms with Crippen LogP contribution in [0, 0.1) is 0 Å². The molecule has 2 aromatic carbocycles. The average molecular weight is 464 g/mol. The van der Waals surface area contributed by atoms with Gasteiger partial charge in [0.15, 0.2) is 16.6 Å². The Hall–Kier alpha value is -3.17. The van der Waals surface area contributed by atoms with E-state index in [4.69, 9.17) is 21.7 Å². The number of hydrogen-bond acceptors (Lipinski definition) is 7. The molecule has 4 aromatic rings. The van der Waals surface area contributed by atoms with Crippen LogP contribution in [-0.2, 0) is 6.54 Å². The number of piperazine rings is 1. The number of thiocarbonyl (C=S) groups is 1. The van der Waals surface area contributed by atoms with Crippen molar-refractivity contribution in [3.63, 3.8) is 0 Å². The molecule has 7 nitrogen and oxygen atoms in total. The summed E-state index contributed by atoms with van der Waals surface area (Å²) in [7, 11) is 0. The molecule has 0 amide bonds. The van der Waals surface area contributed by atoms with Crippen LogP contribution in [0.4, 0.5) is 5.82 Å². The Labute approximate surface area is 194 Å². The number of aromatic nitrogens is 2. The third kappa shape index (κ3) is 3.47. The number of nitrogens with zero attached hydrogens (tertiary/aromatic N) is 4. The molecule has 2 aliphatic rings. The fraction of sp³-hybridized carbons (Fsp3) is 0.261. The van der Waals surface area contributed by atoms with Crippen LogP contribution in [-0.4, -0.2) is 53.0 Å². The van der Waals surface area contributed by atoms with Crippen molar-refractivity contribution in [3.05, 3.63) is 54.4 Å². The van der Waals surface area contributed by atoms with E-state index in [1.807, 2.05) is 18.2 Å². The van der Waals surface area contributed by atoms with Crippen LogP contribution in [0.1, 0.15) is 5.56 Å². The molecule has 1 saturated heterocycles. The van der Waals surface area contributed by atoms with Gasteiger partial charge in [-0.2, -0.15) is 0 Å². The zero-order valence-corrected chi connectivity index (χ0v) is 18.9. The van der Waals surface area contributed by atoms with Gasteiger partial charge in [-0.05, 0) is 36.0 Å². The normalized spacial score (nSPS) is 15.5. The van der Waals surface area contributed by atoms with Crippen molar-refractivity contribution in [1.29, 1.82) is 0 Å². The Balaban J connectivity index is 1.11. The summed E-state index contributed by atoms with van der Waals surface area (Å²) in [6, 6.07) is 14.4. The predicted molar refractivity (Wildman–Crippen MR) is 131 cm³/mol. The lowest BCUT2D eigenvalue weighted by Crippen LogP contribution is -2.51. The SMILES string of the molecule is S=C(NCc1ccc2c(c1)OCO2)N1CCN(c2ncnc3c2sc2ccccc23)CC1. The van der Waals surface area contributed by atoms with Gasteiger partial charge in [0.2, 0.25) is 6.79 Å². The minimum Gasteiger partial charge on any atom is -0.454 e. The summed E-state index contributed by atoms with van der Waals surface area (Å²) in [5, 5.41) is 5.35. The van der Waals surface area contributed by atoms with Gasteiger partial charge in [-0.1, -0.05) is 24.3 Å². The molecule has 0 bridgehead atoms. The maximum Gasteiger partial charge on any atom is 0.231 e. The van der Waals surface area contributed by atoms with Gasteiger partial charge >= 0.3 is 0 Å². The standard InChI is InChI=1S/C23H21N5O2S2/c31-23(24-12-15-5-6-17-18(11-15)30-14-29-17)28-9-7-27(8-10-28)22-21-20(25-13-26-22)16-3-1-2-4-19(16)32-21/h1-6,11,13H,7-10,12,14H2,(H,24,31). The van der Waals surface area contributed by atoms with Crippen LogP contribution >= 0.6 is 23.6 Å². The quantitative estimate of drug-likeness (QED) is 0.461. The Bertz CT molecular complexity index is 1320. The molecule has 9 heteroatoms. The minimum atomic E-state index is 0.287. The minimum absolute atomic E-state index is 0.287. The Morgan fingerprint density at radius 1 is 1.03 bits per heavy atom. The monoisotopic (exact) mass is 463 g/mol. The molecular formula is C23H21N5O2S2. The number of anilines is 1. The third-order valence-corrected chi connectivity index (χ3v) is 7.44. The molecule has 0 aliphatic carbocycles. The number of ether oxygens (including phenoxy) is 2. The fourth-order valence-corrected chi connectivity index (χ4v) is 5.63. The summed E-state index contributed by atoms with van der Waals surface area (Å²) in [6.45, 7) is 4.38. The molecule has 0 unspecified atom stereocenters. The van der Waals surface area contributed by atoms with E-state index in [2.05, 4.69) is 49.4 Å². The van der Waals surface area contributed by atoms with Gasteiger partial charge in [-0.25, -0.2) is 9.97 Å². The average Bonchev–Trinajstić information content (AvgIpc) is 3.46. The fourth-order valence-electron chi connectivity index (χ4n) is 4.20. The number of rotatable bonds is 3. The molecule has 6 rings (SSSR count). The molecule has 0 spiro atoms. The maximum atomic E-state index is 5.67. The summed E-state index contributed by atoms with van der Waals surface area (Å²) in [4.78, 5) is 13.8. The topological polar surface area (TPSA) is 62.8 Å². The second kappa shape index (κ2) is 8.07. The molecule has 0 saturated carbocycles. The van der Waals surface area contributed by atoms with Gasteiger partial charge in [-0.3, -0.25) is 0 Å². The van der Waals surface area contributed by atoms with E-state index >= 15 is 0 Å². The van der Waals surface area contributed by atoms with E-state index < -0.39 is 0 Å². The molecule has 1 fully saturated rings. The second-order valence-corrected chi connectivity index (χ2v) is 9.23. The van der Waals surface area contributed by atoms with Crippen LogP contribution in [0.3, 0.4) is 0 Å². The van der Waals surface area contributed by atoms with Crippen molar-refractivity contribution in [3.8, 4) is 11.5 Å². The van der Waals surface area contributed by atoms with Gasteiger partial charge in [0.05, 0.1) is 10.2 Å². The van der Waals surface area contributed by atoms with Crippen molar-refractivity contribution in [1.82, 2.24) is 20.2 Å². The van der Waals surface area contributed by atoms with E-state index in [-0.39, 0.29) is 6.79 Å². The number of nitrogens with one attached hydrogen (secondary N) is 1. The van der Waals surface area contributed by atoms with Gasteiger partial charge in [0.25, 0.3) is 0 Å². The van der Waals surface area contributed by atoms with Crippen molar-refractivity contribution in [2.24, 2.45) is 0 Å². The third-order valence-electron chi connectivity index (χ3n) is 5.89. The predicted octanol–water partition coefficient (Wildman–Crippen LogP) is 3.77. The number of benzene rings is 2. The smallest absolute Gasteiger partial charge is 0.231 e. The zero-order valence-electron chi connectivity index (χ0n) is 17.3. The zero-order chi connectivity index (χ0) is 21.5. The molecule has 2 aromatic heterocycles. The van der Waals surface area contributed by atoms with E-state index in [0.29, 0.717) is 6.54 Å². The lowest BCUT2D eigenvalue weighted by Gasteiger charge is -2.36. The molecule has 2 aliphatic heterocycles. The first-order valence-electron chi connectivity index (χ1n) is 10.5. The highest BCUT2D eigenvalue weighted by molar-refractivity contribution is 7.80. The maximum absolute atomic E-state index is 5.67. The van der Waals surface area contributed by atoms with Gasteiger partial charge in [0.1, 0.15) is 12.1 Å². The first-order chi connectivity index (χ1) is 15.8. The first kappa shape index (κ1) is 19.5. The lowest BCUT2D eigenvalue weighted by molar-refractivity contribution is 0.174. The summed E-state index contributed by atoms with van der Waals surface area (Å²) in [6.07, 6.45) is 1.68. The van der Waals surface area contributed by atoms with Crippen LogP contribution in [0.15, 0.2) is 48.8 Å². The summed E-state index contributed by atoms with van der Waals surface area (Å²) in [5.41, 5.74) is 2.15. The highest BCUT2D eigenvalue weighted by atomic mass is 32.1.